The van der Waals surface area contributed by atoms with Crippen molar-refractivity contribution >= 4 is 5.91 Å². The topological polar surface area (TPSA) is 73.5 Å². The summed E-state index contributed by atoms with van der Waals surface area (Å²) in [6.45, 7) is 2.25. The van der Waals surface area contributed by atoms with Crippen LogP contribution < -0.4 is 16.0 Å². The van der Waals surface area contributed by atoms with Crippen LogP contribution in [0.4, 0.5) is 0 Å². The zero-order valence-corrected chi connectivity index (χ0v) is 18.0. The van der Waals surface area contributed by atoms with E-state index in [9.17, 15) is 14.4 Å². The highest BCUT2D eigenvalue weighted by molar-refractivity contribution is 5.76. The summed E-state index contributed by atoms with van der Waals surface area (Å²) in [4.78, 5) is 39.1. The van der Waals surface area contributed by atoms with Crippen molar-refractivity contribution in [3.8, 4) is 5.75 Å². The van der Waals surface area contributed by atoms with Crippen molar-refractivity contribution in [1.29, 1.82) is 0 Å². The van der Waals surface area contributed by atoms with Gasteiger partial charge in [0.1, 0.15) is 12.3 Å². The van der Waals surface area contributed by atoms with E-state index in [1.165, 1.54) is 23.9 Å². The smallest absolute Gasteiger partial charge is 0.331 e. The predicted molar refractivity (Wildman–Crippen MR) is 119 cm³/mol. The number of para-hydroxylation sites is 1. The fourth-order valence-corrected chi connectivity index (χ4v) is 3.54. The molecule has 31 heavy (non-hydrogen) atoms. The van der Waals surface area contributed by atoms with Gasteiger partial charge >= 0.3 is 5.69 Å². The Kier molecular flexibility index (Phi) is 7.07. The molecule has 0 fully saturated rings. The highest BCUT2D eigenvalue weighted by atomic mass is 16.5. The summed E-state index contributed by atoms with van der Waals surface area (Å²) in [6, 6.07) is 18.6. The molecule has 0 saturated carbocycles. The molecule has 3 rings (SSSR count). The number of ether oxygens (including phenoxy) is 1. The van der Waals surface area contributed by atoms with Crippen LogP contribution in [0.1, 0.15) is 18.1 Å². The summed E-state index contributed by atoms with van der Waals surface area (Å²) < 4.78 is 7.71. The maximum absolute atomic E-state index is 13.3. The summed E-state index contributed by atoms with van der Waals surface area (Å²) in [5, 5.41) is 0. The molecule has 1 aromatic heterocycles. The molecule has 3 aromatic rings. The Labute approximate surface area is 181 Å². The Hall–Kier alpha value is -3.61. The molecule has 1 atom stereocenters. The van der Waals surface area contributed by atoms with Gasteiger partial charge in [-0.15, -0.1) is 0 Å². The minimum atomic E-state index is -0.516. The van der Waals surface area contributed by atoms with Crippen molar-refractivity contribution in [3.05, 3.63) is 98.8 Å². The van der Waals surface area contributed by atoms with E-state index in [0.29, 0.717) is 13.0 Å². The average molecular weight is 421 g/mol. The Morgan fingerprint density at radius 2 is 1.71 bits per heavy atom. The van der Waals surface area contributed by atoms with Crippen molar-refractivity contribution in [3.63, 3.8) is 0 Å². The largest absolute Gasteiger partial charge is 0.496 e. The highest BCUT2D eigenvalue weighted by Gasteiger charge is 2.22. The molecule has 0 aliphatic carbocycles. The third kappa shape index (κ3) is 5.31. The van der Waals surface area contributed by atoms with Crippen molar-refractivity contribution in [1.82, 2.24) is 14.0 Å². The van der Waals surface area contributed by atoms with E-state index in [2.05, 4.69) is 0 Å². The first-order valence-electron chi connectivity index (χ1n) is 10.1. The molecule has 1 heterocycles. The maximum Gasteiger partial charge on any atom is 0.331 e. The van der Waals surface area contributed by atoms with E-state index in [1.807, 2.05) is 61.5 Å². The molecular weight excluding hydrogens is 394 g/mol. The number of hydrogen-bond acceptors (Lipinski definition) is 4. The first kappa shape index (κ1) is 22.1. The second kappa shape index (κ2) is 9.93. The van der Waals surface area contributed by atoms with Crippen LogP contribution in [0.15, 0.2) is 76.4 Å². The lowest BCUT2D eigenvalue weighted by Crippen LogP contribution is -2.44. The summed E-state index contributed by atoms with van der Waals surface area (Å²) in [5.41, 5.74) is 1.08. The fraction of sp³-hybridized carbons (Fsp3) is 0.292. The van der Waals surface area contributed by atoms with E-state index < -0.39 is 11.2 Å². The summed E-state index contributed by atoms with van der Waals surface area (Å²) in [5.74, 6) is 0.572. The van der Waals surface area contributed by atoms with E-state index >= 15 is 0 Å². The SMILES string of the molecule is COc1ccccc1CC(C)N(Cc1ccccc1)C(=O)Cn1ccc(=O)n(C)c1=O. The second-order valence-electron chi connectivity index (χ2n) is 7.50. The van der Waals surface area contributed by atoms with Crippen LogP contribution in [0.3, 0.4) is 0 Å². The highest BCUT2D eigenvalue weighted by Crippen LogP contribution is 2.21. The molecule has 2 aromatic carbocycles. The Morgan fingerprint density at radius 3 is 2.42 bits per heavy atom. The number of rotatable bonds is 8. The van der Waals surface area contributed by atoms with Gasteiger partial charge in [-0.25, -0.2) is 4.79 Å². The van der Waals surface area contributed by atoms with Crippen LogP contribution in [-0.2, 0) is 31.4 Å². The summed E-state index contributed by atoms with van der Waals surface area (Å²) >= 11 is 0. The number of benzene rings is 2. The minimum Gasteiger partial charge on any atom is -0.496 e. The minimum absolute atomic E-state index is 0.143. The molecule has 0 N–H and O–H groups in total. The first-order valence-corrected chi connectivity index (χ1v) is 10.1. The first-order chi connectivity index (χ1) is 14.9. The summed E-state index contributed by atoms with van der Waals surface area (Å²) in [6.07, 6.45) is 1.97. The Morgan fingerprint density at radius 1 is 1.03 bits per heavy atom. The number of aromatic nitrogens is 2. The molecule has 0 radical (unpaired) electrons. The van der Waals surface area contributed by atoms with E-state index in [1.54, 1.807) is 12.0 Å². The number of hydrogen-bond donors (Lipinski definition) is 0. The van der Waals surface area contributed by atoms with E-state index in [0.717, 1.165) is 21.4 Å². The van der Waals surface area contributed by atoms with Crippen LogP contribution in [0, 0.1) is 0 Å². The van der Waals surface area contributed by atoms with Crippen molar-refractivity contribution < 1.29 is 9.53 Å². The third-order valence-electron chi connectivity index (χ3n) is 5.32. The molecular formula is C24H27N3O4. The third-order valence-corrected chi connectivity index (χ3v) is 5.32. The molecule has 0 aliphatic rings. The average Bonchev–Trinajstić information content (AvgIpc) is 2.78. The Balaban J connectivity index is 1.88. The summed E-state index contributed by atoms with van der Waals surface area (Å²) in [7, 11) is 3.03. The normalized spacial score (nSPS) is 11.7. The van der Waals surface area contributed by atoms with Gasteiger partial charge in [-0.1, -0.05) is 48.5 Å². The van der Waals surface area contributed by atoms with Crippen LogP contribution in [-0.4, -0.2) is 33.1 Å². The number of nitrogens with zero attached hydrogens (tertiary/aromatic N) is 3. The molecule has 0 aliphatic heterocycles. The van der Waals surface area contributed by atoms with Gasteiger partial charge in [0.2, 0.25) is 5.91 Å². The molecule has 0 saturated heterocycles. The van der Waals surface area contributed by atoms with Gasteiger partial charge in [0, 0.05) is 31.9 Å². The Bertz CT molecular complexity index is 1150. The van der Waals surface area contributed by atoms with Crippen LogP contribution in [0.25, 0.3) is 0 Å². The molecule has 1 unspecified atom stereocenters. The predicted octanol–water partition coefficient (Wildman–Crippen LogP) is 2.22. The van der Waals surface area contributed by atoms with Crippen molar-refractivity contribution in [2.45, 2.75) is 32.5 Å². The quantitative estimate of drug-likeness (QED) is 0.559. The van der Waals surface area contributed by atoms with E-state index in [-0.39, 0.29) is 18.5 Å². The molecule has 7 nitrogen and oxygen atoms in total. The van der Waals surface area contributed by atoms with Crippen molar-refractivity contribution in [2.75, 3.05) is 7.11 Å². The maximum atomic E-state index is 13.3. The number of carbonyl (C=O) groups excluding carboxylic acids is 1. The fourth-order valence-electron chi connectivity index (χ4n) is 3.54. The molecule has 1 amide bonds. The molecule has 0 bridgehead atoms. The molecule has 7 heteroatoms. The van der Waals surface area contributed by atoms with Gasteiger partial charge in [0.15, 0.2) is 0 Å². The van der Waals surface area contributed by atoms with Gasteiger partial charge in [-0.2, -0.15) is 0 Å². The molecule has 0 spiro atoms. The number of amides is 1. The number of carbonyl (C=O) groups is 1. The second-order valence-corrected chi connectivity index (χ2v) is 7.50. The lowest BCUT2D eigenvalue weighted by Gasteiger charge is -2.30. The van der Waals surface area contributed by atoms with Crippen molar-refractivity contribution in [2.24, 2.45) is 7.05 Å². The van der Waals surface area contributed by atoms with Gasteiger partial charge in [-0.3, -0.25) is 18.7 Å². The van der Waals surface area contributed by atoms with E-state index in [4.69, 9.17) is 4.74 Å². The van der Waals surface area contributed by atoms with Gasteiger partial charge in [0.05, 0.1) is 7.11 Å². The van der Waals surface area contributed by atoms with Gasteiger partial charge < -0.3 is 9.64 Å². The number of methoxy groups -OCH3 is 1. The zero-order valence-electron chi connectivity index (χ0n) is 18.0. The lowest BCUT2D eigenvalue weighted by molar-refractivity contribution is -0.134. The standard InChI is InChI=1S/C24H27N3O4/c1-18(15-20-11-7-8-12-21(20)31-3)27(16-19-9-5-4-6-10-19)23(29)17-26-14-13-22(28)25(2)24(26)30/h4-14,18H,15-17H2,1-3H3. The van der Waals surface area contributed by atoms with Gasteiger partial charge in [0.25, 0.3) is 5.56 Å². The van der Waals surface area contributed by atoms with Crippen LogP contribution in [0.2, 0.25) is 0 Å². The monoisotopic (exact) mass is 421 g/mol. The van der Waals surface area contributed by atoms with Gasteiger partial charge in [-0.05, 0) is 30.5 Å². The zero-order chi connectivity index (χ0) is 22.4. The van der Waals surface area contributed by atoms with Crippen LogP contribution in [0.5, 0.6) is 5.75 Å². The molecule has 162 valence electrons. The lowest BCUT2D eigenvalue weighted by atomic mass is 10.0. The van der Waals surface area contributed by atoms with Crippen LogP contribution >= 0.6 is 0 Å².